The van der Waals surface area contributed by atoms with Crippen LogP contribution in [0.15, 0.2) is 59.8 Å². The average molecular weight is 379 g/mol. The summed E-state index contributed by atoms with van der Waals surface area (Å²) in [5.74, 6) is 1.31. The van der Waals surface area contributed by atoms with E-state index in [1.165, 1.54) is 17.3 Å². The molecular weight excluding hydrogens is 356 g/mol. The van der Waals surface area contributed by atoms with Crippen LogP contribution in [0.1, 0.15) is 19.4 Å². The number of thioether (sulfide) groups is 1. The highest BCUT2D eigenvalue weighted by molar-refractivity contribution is 7.99. The molecule has 0 unspecified atom stereocenters. The summed E-state index contributed by atoms with van der Waals surface area (Å²) < 4.78 is 2.06. The van der Waals surface area contributed by atoms with E-state index < -0.39 is 0 Å². The topological polar surface area (TPSA) is 51.0 Å². The molecule has 0 fully saturated rings. The van der Waals surface area contributed by atoms with Crippen LogP contribution in [0, 0.1) is 0 Å². The zero-order valence-electron chi connectivity index (χ0n) is 15.5. The summed E-state index contributed by atoms with van der Waals surface area (Å²) in [6.07, 6.45) is 0.913. The van der Waals surface area contributed by atoms with Crippen molar-refractivity contribution in [3.8, 4) is 11.4 Å². The van der Waals surface area contributed by atoms with E-state index in [0.29, 0.717) is 5.75 Å². The first kappa shape index (κ1) is 17.8. The number of carbonyl (C=O) groups is 1. The van der Waals surface area contributed by atoms with Crippen LogP contribution in [0.25, 0.3) is 11.4 Å². The minimum atomic E-state index is 0.115. The van der Waals surface area contributed by atoms with Crippen molar-refractivity contribution in [1.29, 1.82) is 0 Å². The summed E-state index contributed by atoms with van der Waals surface area (Å²) in [6, 6.07) is 18.4. The molecule has 6 heteroatoms. The number of rotatable bonds is 5. The molecule has 0 saturated heterocycles. The first-order valence-electron chi connectivity index (χ1n) is 9.20. The molecule has 0 spiro atoms. The van der Waals surface area contributed by atoms with E-state index in [0.717, 1.165) is 35.2 Å². The quantitative estimate of drug-likeness (QED) is 0.629. The van der Waals surface area contributed by atoms with Crippen LogP contribution in [-0.4, -0.2) is 32.5 Å². The molecule has 138 valence electrons. The van der Waals surface area contributed by atoms with Gasteiger partial charge < -0.3 is 9.47 Å². The molecule has 0 bridgehead atoms. The SMILES string of the molecule is CCn1c(SCC(=O)N2c3ccccc3C[C@H]2C)nnc1-c1ccccc1. The lowest BCUT2D eigenvalue weighted by Crippen LogP contribution is -2.37. The minimum Gasteiger partial charge on any atom is -0.308 e. The van der Waals surface area contributed by atoms with Crippen molar-refractivity contribution in [3.05, 3.63) is 60.2 Å². The lowest BCUT2D eigenvalue weighted by Gasteiger charge is -2.22. The van der Waals surface area contributed by atoms with Crippen LogP contribution >= 0.6 is 11.8 Å². The van der Waals surface area contributed by atoms with Crippen LogP contribution in [-0.2, 0) is 17.8 Å². The van der Waals surface area contributed by atoms with Gasteiger partial charge in [0, 0.05) is 23.8 Å². The number of para-hydroxylation sites is 1. The number of carbonyl (C=O) groups excluding carboxylic acids is 1. The smallest absolute Gasteiger partial charge is 0.237 e. The summed E-state index contributed by atoms with van der Waals surface area (Å²) in [4.78, 5) is 14.8. The highest BCUT2D eigenvalue weighted by Crippen LogP contribution is 2.33. The molecule has 0 N–H and O–H groups in total. The largest absolute Gasteiger partial charge is 0.308 e. The molecule has 0 aliphatic carbocycles. The number of benzene rings is 2. The highest BCUT2D eigenvalue weighted by Gasteiger charge is 2.30. The maximum absolute atomic E-state index is 12.9. The Morgan fingerprint density at radius 1 is 1.11 bits per heavy atom. The van der Waals surface area contributed by atoms with Gasteiger partial charge in [0.25, 0.3) is 0 Å². The van der Waals surface area contributed by atoms with Gasteiger partial charge in [0.05, 0.1) is 5.75 Å². The lowest BCUT2D eigenvalue weighted by molar-refractivity contribution is -0.116. The van der Waals surface area contributed by atoms with E-state index in [-0.39, 0.29) is 11.9 Å². The fraction of sp³-hybridized carbons (Fsp3) is 0.286. The van der Waals surface area contributed by atoms with Gasteiger partial charge in [-0.15, -0.1) is 10.2 Å². The molecule has 2 aromatic carbocycles. The minimum absolute atomic E-state index is 0.115. The second-order valence-corrected chi connectivity index (χ2v) is 7.59. The average Bonchev–Trinajstić information content (AvgIpc) is 3.26. The third kappa shape index (κ3) is 3.37. The first-order chi connectivity index (χ1) is 13.2. The van der Waals surface area contributed by atoms with Crippen molar-refractivity contribution < 1.29 is 4.79 Å². The summed E-state index contributed by atoms with van der Waals surface area (Å²) in [6.45, 7) is 4.93. The molecule has 1 atom stereocenters. The molecule has 0 saturated carbocycles. The summed E-state index contributed by atoms with van der Waals surface area (Å²) in [5.41, 5.74) is 3.32. The Morgan fingerprint density at radius 3 is 2.63 bits per heavy atom. The number of hydrogen-bond donors (Lipinski definition) is 0. The third-order valence-corrected chi connectivity index (χ3v) is 5.82. The first-order valence-corrected chi connectivity index (χ1v) is 10.2. The summed E-state index contributed by atoms with van der Waals surface area (Å²) in [5, 5.41) is 9.46. The Balaban J connectivity index is 1.51. The molecule has 3 aromatic rings. The lowest BCUT2D eigenvalue weighted by atomic mass is 10.1. The Hall–Kier alpha value is -2.60. The van der Waals surface area contributed by atoms with Crippen LogP contribution in [0.5, 0.6) is 0 Å². The van der Waals surface area contributed by atoms with Crippen molar-refractivity contribution in [2.24, 2.45) is 0 Å². The van der Waals surface area contributed by atoms with Crippen molar-refractivity contribution in [3.63, 3.8) is 0 Å². The van der Waals surface area contributed by atoms with E-state index >= 15 is 0 Å². The summed E-state index contributed by atoms with van der Waals surface area (Å²) in [7, 11) is 0. The molecule has 1 aromatic heterocycles. The number of amides is 1. The van der Waals surface area contributed by atoms with E-state index in [9.17, 15) is 4.79 Å². The number of anilines is 1. The van der Waals surface area contributed by atoms with Gasteiger partial charge in [-0.25, -0.2) is 0 Å². The Bertz CT molecular complexity index is 954. The maximum Gasteiger partial charge on any atom is 0.237 e. The van der Waals surface area contributed by atoms with E-state index in [2.05, 4.69) is 34.7 Å². The van der Waals surface area contributed by atoms with Gasteiger partial charge in [0.15, 0.2) is 11.0 Å². The molecule has 1 amide bonds. The standard InChI is InChI=1S/C21H22N4OS/c1-3-24-20(16-9-5-4-6-10-16)22-23-21(24)27-14-19(26)25-15(2)13-17-11-7-8-12-18(17)25/h4-12,15H,3,13-14H2,1-2H3/t15-/m1/s1. The van der Waals surface area contributed by atoms with Crippen molar-refractivity contribution in [1.82, 2.24) is 14.8 Å². The Labute approximate surface area is 163 Å². The molecule has 1 aliphatic rings. The van der Waals surface area contributed by atoms with Crippen LogP contribution in [0.4, 0.5) is 5.69 Å². The second kappa shape index (κ2) is 7.56. The molecule has 5 nitrogen and oxygen atoms in total. The molecular formula is C21H22N4OS. The van der Waals surface area contributed by atoms with Gasteiger partial charge in [0.1, 0.15) is 0 Å². The predicted octanol–water partition coefficient (Wildman–Crippen LogP) is 4.03. The van der Waals surface area contributed by atoms with E-state index in [1.54, 1.807) is 0 Å². The zero-order valence-corrected chi connectivity index (χ0v) is 16.3. The van der Waals surface area contributed by atoms with Crippen molar-refractivity contribution in [2.45, 2.75) is 38.0 Å². The van der Waals surface area contributed by atoms with Gasteiger partial charge >= 0.3 is 0 Å². The number of fused-ring (bicyclic) bond motifs is 1. The van der Waals surface area contributed by atoms with Gasteiger partial charge in [-0.2, -0.15) is 0 Å². The predicted molar refractivity (Wildman–Crippen MR) is 109 cm³/mol. The molecule has 27 heavy (non-hydrogen) atoms. The summed E-state index contributed by atoms with van der Waals surface area (Å²) >= 11 is 1.46. The van der Waals surface area contributed by atoms with Crippen molar-refractivity contribution in [2.75, 3.05) is 10.7 Å². The molecule has 0 radical (unpaired) electrons. The monoisotopic (exact) mass is 378 g/mol. The van der Waals surface area contributed by atoms with Gasteiger partial charge in [0.2, 0.25) is 5.91 Å². The fourth-order valence-corrected chi connectivity index (χ4v) is 4.48. The molecule has 4 rings (SSSR count). The Morgan fingerprint density at radius 2 is 1.85 bits per heavy atom. The second-order valence-electron chi connectivity index (χ2n) is 6.65. The van der Waals surface area contributed by atoms with Crippen LogP contribution in [0.3, 0.4) is 0 Å². The number of nitrogens with zero attached hydrogens (tertiary/aromatic N) is 4. The fourth-order valence-electron chi connectivity index (χ4n) is 3.62. The van der Waals surface area contributed by atoms with Gasteiger partial charge in [-0.3, -0.25) is 4.79 Å². The third-order valence-electron chi connectivity index (χ3n) is 4.87. The van der Waals surface area contributed by atoms with E-state index in [4.69, 9.17) is 0 Å². The number of aromatic nitrogens is 3. The highest BCUT2D eigenvalue weighted by atomic mass is 32.2. The molecule has 1 aliphatic heterocycles. The normalized spacial score (nSPS) is 15.8. The van der Waals surface area contributed by atoms with Gasteiger partial charge in [-0.1, -0.05) is 60.3 Å². The molecule has 2 heterocycles. The van der Waals surface area contributed by atoms with Crippen molar-refractivity contribution >= 4 is 23.4 Å². The van der Waals surface area contributed by atoms with E-state index in [1.807, 2.05) is 53.4 Å². The van der Waals surface area contributed by atoms with Crippen LogP contribution in [0.2, 0.25) is 0 Å². The Kier molecular flexibility index (Phi) is 4.99. The maximum atomic E-state index is 12.9. The zero-order chi connectivity index (χ0) is 18.8. The number of hydrogen-bond acceptors (Lipinski definition) is 4. The van der Waals surface area contributed by atoms with Gasteiger partial charge in [-0.05, 0) is 31.9 Å². The van der Waals surface area contributed by atoms with Crippen LogP contribution < -0.4 is 4.90 Å².